The Kier molecular flexibility index (Phi) is 6.69. The molecule has 2 atom stereocenters. The highest BCUT2D eigenvalue weighted by Gasteiger charge is 2.32. The second-order valence-electron chi connectivity index (χ2n) is 6.80. The number of hydrogen-bond donors (Lipinski definition) is 0. The number of benzene rings is 1. The van der Waals surface area contributed by atoms with Gasteiger partial charge in [-0.2, -0.15) is 4.31 Å². The van der Waals surface area contributed by atoms with E-state index < -0.39 is 10.0 Å². The van der Waals surface area contributed by atoms with Crippen molar-refractivity contribution in [3.63, 3.8) is 0 Å². The van der Waals surface area contributed by atoms with Gasteiger partial charge in [0.1, 0.15) is 10.6 Å². The number of likely N-dealkylation sites (tertiary alicyclic amines) is 1. The van der Waals surface area contributed by atoms with Crippen LogP contribution in [0.1, 0.15) is 57.3 Å². The molecule has 26 heavy (non-hydrogen) atoms. The Morgan fingerprint density at radius 3 is 2.27 bits per heavy atom. The van der Waals surface area contributed by atoms with Gasteiger partial charge in [0.2, 0.25) is 10.0 Å². The minimum Gasteiger partial charge on any atom is -0.495 e. The first-order valence-corrected chi connectivity index (χ1v) is 10.7. The Morgan fingerprint density at radius 2 is 1.77 bits per heavy atom. The van der Waals surface area contributed by atoms with Gasteiger partial charge in [0.05, 0.1) is 7.11 Å². The second kappa shape index (κ2) is 8.39. The number of piperidine rings is 1. The lowest BCUT2D eigenvalue weighted by Gasteiger charge is -2.39. The molecule has 1 fully saturated rings. The molecule has 1 aliphatic heterocycles. The zero-order chi connectivity index (χ0) is 19.5. The van der Waals surface area contributed by atoms with E-state index in [0.29, 0.717) is 18.7 Å². The topological polar surface area (TPSA) is 66.9 Å². The van der Waals surface area contributed by atoms with Crippen LogP contribution in [0.25, 0.3) is 0 Å². The number of hydrogen-bond acceptors (Lipinski definition) is 4. The molecule has 0 radical (unpaired) electrons. The standard InChI is InChI=1S/C19H30N2O4S/c1-6-20(7-2)26(23,24)18-13-16(11-12-17(18)25-5)19(22)21-14(3)9-8-10-15(21)4/h11-15H,6-10H2,1-5H3. The van der Waals surface area contributed by atoms with Crippen LogP contribution in [0.4, 0.5) is 0 Å². The molecule has 1 saturated heterocycles. The van der Waals surface area contributed by atoms with Gasteiger partial charge in [0.25, 0.3) is 5.91 Å². The van der Waals surface area contributed by atoms with Crippen LogP contribution in [-0.4, -0.2) is 55.8 Å². The maximum absolute atomic E-state index is 13.1. The van der Waals surface area contributed by atoms with Crippen LogP contribution in [0.15, 0.2) is 23.1 Å². The molecule has 0 saturated carbocycles. The van der Waals surface area contributed by atoms with Crippen LogP contribution in [0.3, 0.4) is 0 Å². The van der Waals surface area contributed by atoms with E-state index >= 15 is 0 Å². The predicted molar refractivity (Wildman–Crippen MR) is 102 cm³/mol. The van der Waals surface area contributed by atoms with E-state index in [1.54, 1.807) is 26.0 Å². The van der Waals surface area contributed by atoms with Gasteiger partial charge in [-0.05, 0) is 51.3 Å². The molecular weight excluding hydrogens is 352 g/mol. The van der Waals surface area contributed by atoms with Crippen LogP contribution in [0, 0.1) is 0 Å². The van der Waals surface area contributed by atoms with Crippen molar-refractivity contribution in [1.82, 2.24) is 9.21 Å². The third-order valence-corrected chi connectivity index (χ3v) is 7.23. The lowest BCUT2D eigenvalue weighted by atomic mass is 9.96. The number of methoxy groups -OCH3 is 1. The van der Waals surface area contributed by atoms with Crippen molar-refractivity contribution in [2.24, 2.45) is 0 Å². The third-order valence-electron chi connectivity index (χ3n) is 5.16. The van der Waals surface area contributed by atoms with Crippen LogP contribution in [0.2, 0.25) is 0 Å². The summed E-state index contributed by atoms with van der Waals surface area (Å²) in [7, 11) is -2.28. The molecule has 1 heterocycles. The molecule has 7 heteroatoms. The molecule has 0 aliphatic carbocycles. The minimum atomic E-state index is -3.72. The average molecular weight is 383 g/mol. The van der Waals surface area contributed by atoms with E-state index in [1.165, 1.54) is 17.5 Å². The van der Waals surface area contributed by atoms with Crippen LogP contribution in [0.5, 0.6) is 5.75 Å². The van der Waals surface area contributed by atoms with Gasteiger partial charge in [-0.3, -0.25) is 4.79 Å². The lowest BCUT2D eigenvalue weighted by molar-refractivity contribution is 0.0510. The van der Waals surface area contributed by atoms with E-state index in [0.717, 1.165) is 19.3 Å². The van der Waals surface area contributed by atoms with Gasteiger partial charge in [0, 0.05) is 30.7 Å². The van der Waals surface area contributed by atoms with Crippen LogP contribution < -0.4 is 4.74 Å². The molecule has 146 valence electrons. The summed E-state index contributed by atoms with van der Waals surface area (Å²) in [4.78, 5) is 15.0. The Hall–Kier alpha value is -1.60. The summed E-state index contributed by atoms with van der Waals surface area (Å²) < 4.78 is 32.6. The zero-order valence-electron chi connectivity index (χ0n) is 16.4. The highest BCUT2D eigenvalue weighted by Crippen LogP contribution is 2.30. The fourth-order valence-electron chi connectivity index (χ4n) is 3.68. The highest BCUT2D eigenvalue weighted by molar-refractivity contribution is 7.89. The van der Waals surface area contributed by atoms with E-state index in [9.17, 15) is 13.2 Å². The Balaban J connectivity index is 2.48. The Labute approximate surface area is 157 Å². The van der Waals surface area contributed by atoms with Crippen LogP contribution >= 0.6 is 0 Å². The molecule has 0 spiro atoms. The van der Waals surface area contributed by atoms with Gasteiger partial charge >= 0.3 is 0 Å². The van der Waals surface area contributed by atoms with Gasteiger partial charge in [-0.1, -0.05) is 13.8 Å². The fourth-order valence-corrected chi connectivity index (χ4v) is 5.32. The molecule has 1 aromatic carbocycles. The van der Waals surface area contributed by atoms with Crippen molar-refractivity contribution in [3.8, 4) is 5.75 Å². The summed E-state index contributed by atoms with van der Waals surface area (Å²) in [6, 6.07) is 4.98. The van der Waals surface area contributed by atoms with E-state index in [1.807, 2.05) is 18.7 Å². The van der Waals surface area contributed by atoms with Crippen molar-refractivity contribution in [2.75, 3.05) is 20.2 Å². The van der Waals surface area contributed by atoms with Gasteiger partial charge in [0.15, 0.2) is 0 Å². The monoisotopic (exact) mass is 382 g/mol. The van der Waals surface area contributed by atoms with Crippen molar-refractivity contribution >= 4 is 15.9 Å². The molecular formula is C19H30N2O4S. The van der Waals surface area contributed by atoms with E-state index in [-0.39, 0.29) is 28.6 Å². The van der Waals surface area contributed by atoms with Crippen molar-refractivity contribution in [3.05, 3.63) is 23.8 Å². The van der Waals surface area contributed by atoms with E-state index in [2.05, 4.69) is 0 Å². The fraction of sp³-hybridized carbons (Fsp3) is 0.632. The quantitative estimate of drug-likeness (QED) is 0.758. The molecule has 1 aromatic rings. The van der Waals surface area contributed by atoms with Crippen molar-refractivity contribution in [2.45, 2.75) is 63.9 Å². The summed E-state index contributed by atoms with van der Waals surface area (Å²) in [5.74, 6) is 0.136. The maximum Gasteiger partial charge on any atom is 0.254 e. The zero-order valence-corrected chi connectivity index (χ0v) is 17.2. The van der Waals surface area contributed by atoms with Gasteiger partial charge in [-0.25, -0.2) is 8.42 Å². The van der Waals surface area contributed by atoms with E-state index in [4.69, 9.17) is 4.74 Å². The summed E-state index contributed by atoms with van der Waals surface area (Å²) in [5.41, 5.74) is 0.386. The summed E-state index contributed by atoms with van der Waals surface area (Å²) >= 11 is 0. The first-order valence-electron chi connectivity index (χ1n) is 9.28. The number of sulfonamides is 1. The van der Waals surface area contributed by atoms with Gasteiger partial charge in [-0.15, -0.1) is 0 Å². The third kappa shape index (κ3) is 3.88. The van der Waals surface area contributed by atoms with Gasteiger partial charge < -0.3 is 9.64 Å². The SMILES string of the molecule is CCN(CC)S(=O)(=O)c1cc(C(=O)N2C(C)CCCC2C)ccc1OC. The molecule has 0 aromatic heterocycles. The second-order valence-corrected chi connectivity index (χ2v) is 8.70. The predicted octanol–water partition coefficient (Wildman–Crippen LogP) is 3.13. The molecule has 6 nitrogen and oxygen atoms in total. The molecule has 0 bridgehead atoms. The summed E-state index contributed by atoms with van der Waals surface area (Å²) in [6.45, 7) is 8.40. The van der Waals surface area contributed by atoms with Crippen molar-refractivity contribution < 1.29 is 17.9 Å². The number of carbonyl (C=O) groups is 1. The number of amides is 1. The lowest BCUT2D eigenvalue weighted by Crippen LogP contribution is -2.47. The highest BCUT2D eigenvalue weighted by atomic mass is 32.2. The maximum atomic E-state index is 13.1. The van der Waals surface area contributed by atoms with Crippen LogP contribution in [-0.2, 0) is 10.0 Å². The molecule has 2 unspecified atom stereocenters. The largest absolute Gasteiger partial charge is 0.495 e. The first kappa shape index (κ1) is 20.7. The first-order chi connectivity index (χ1) is 12.3. The van der Waals surface area contributed by atoms with Crippen molar-refractivity contribution in [1.29, 1.82) is 0 Å². The Morgan fingerprint density at radius 1 is 1.19 bits per heavy atom. The number of rotatable bonds is 6. The minimum absolute atomic E-state index is 0.0480. The normalized spacial score (nSPS) is 21.1. The molecule has 1 aliphatic rings. The number of nitrogens with zero attached hydrogens (tertiary/aromatic N) is 2. The molecule has 0 N–H and O–H groups in total. The summed E-state index contributed by atoms with van der Waals surface area (Å²) in [5, 5.41) is 0. The smallest absolute Gasteiger partial charge is 0.254 e. The number of ether oxygens (including phenoxy) is 1. The number of carbonyl (C=O) groups excluding carboxylic acids is 1. The molecule has 2 rings (SSSR count). The summed E-state index contributed by atoms with van der Waals surface area (Å²) in [6.07, 6.45) is 3.05. The molecule has 1 amide bonds. The Bertz CT molecular complexity index is 734. The average Bonchev–Trinajstić information content (AvgIpc) is 2.61.